The van der Waals surface area contributed by atoms with E-state index in [-0.39, 0.29) is 12.1 Å². The molecule has 0 fully saturated rings. The van der Waals surface area contributed by atoms with Crippen LogP contribution in [0.4, 0.5) is 14.9 Å². The number of carboxylic acids is 1. The van der Waals surface area contributed by atoms with Crippen LogP contribution in [0.25, 0.3) is 0 Å². The van der Waals surface area contributed by atoms with Gasteiger partial charge in [0.15, 0.2) is 0 Å². The minimum absolute atomic E-state index is 0.0870. The van der Waals surface area contributed by atoms with Gasteiger partial charge in [-0.25, -0.2) is 14.0 Å². The third-order valence-corrected chi connectivity index (χ3v) is 3.03. The topological polar surface area (TPSA) is 87.7 Å². The number of halogens is 1. The fourth-order valence-electron chi connectivity index (χ4n) is 1.85. The third kappa shape index (κ3) is 4.34. The van der Waals surface area contributed by atoms with Crippen LogP contribution in [0.1, 0.15) is 26.7 Å². The number of ether oxygens (including phenoxy) is 1. The first-order valence-corrected chi connectivity index (χ1v) is 6.48. The number of urea groups is 1. The second-order valence-electron chi connectivity index (χ2n) is 4.81. The molecule has 7 heteroatoms. The molecule has 1 atom stereocenters. The summed E-state index contributed by atoms with van der Waals surface area (Å²) >= 11 is 0. The number of nitrogens with one attached hydrogen (secondary N) is 2. The van der Waals surface area contributed by atoms with E-state index in [0.717, 1.165) is 6.07 Å². The Hall–Kier alpha value is -2.31. The molecule has 0 saturated carbocycles. The molecule has 0 heterocycles. The Labute approximate surface area is 122 Å². The quantitative estimate of drug-likeness (QED) is 0.753. The highest BCUT2D eigenvalue weighted by molar-refractivity contribution is 5.94. The lowest BCUT2D eigenvalue weighted by Crippen LogP contribution is -2.53. The fraction of sp³-hybridized carbons (Fsp3) is 0.429. The van der Waals surface area contributed by atoms with Gasteiger partial charge in [0.2, 0.25) is 0 Å². The van der Waals surface area contributed by atoms with Gasteiger partial charge in [0, 0.05) is 6.07 Å². The lowest BCUT2D eigenvalue weighted by Gasteiger charge is -2.25. The minimum Gasteiger partial charge on any atom is -0.497 e. The smallest absolute Gasteiger partial charge is 0.329 e. The molecule has 0 saturated heterocycles. The van der Waals surface area contributed by atoms with Gasteiger partial charge in [-0.3, -0.25) is 0 Å². The van der Waals surface area contributed by atoms with Crippen LogP contribution < -0.4 is 15.4 Å². The number of benzene rings is 1. The molecule has 1 unspecified atom stereocenters. The van der Waals surface area contributed by atoms with Crippen LogP contribution in [0.15, 0.2) is 18.2 Å². The number of aliphatic carboxylic acids is 1. The lowest BCUT2D eigenvalue weighted by molar-refractivity contribution is -0.143. The van der Waals surface area contributed by atoms with E-state index < -0.39 is 23.4 Å². The van der Waals surface area contributed by atoms with Gasteiger partial charge in [0.1, 0.15) is 17.1 Å². The molecule has 0 aliphatic carbocycles. The highest BCUT2D eigenvalue weighted by Crippen LogP contribution is 2.21. The first kappa shape index (κ1) is 16.7. The average molecular weight is 298 g/mol. The van der Waals surface area contributed by atoms with Crippen LogP contribution in [0.5, 0.6) is 5.75 Å². The summed E-state index contributed by atoms with van der Waals surface area (Å²) < 4.78 is 18.5. The standard InChI is InChI=1S/C14H19FN2O4/c1-4-7-14(2,12(18)19)17-13(20)16-11-8-9(21-3)5-6-10(11)15/h5-6,8H,4,7H2,1-3H3,(H,18,19)(H2,16,17,20). The van der Waals surface area contributed by atoms with Crippen LogP contribution in [0.2, 0.25) is 0 Å². The van der Waals surface area contributed by atoms with Gasteiger partial charge in [-0.15, -0.1) is 0 Å². The van der Waals surface area contributed by atoms with Crippen molar-refractivity contribution in [2.75, 3.05) is 12.4 Å². The van der Waals surface area contributed by atoms with Crippen molar-refractivity contribution < 1.29 is 23.8 Å². The maximum absolute atomic E-state index is 13.6. The molecule has 1 aromatic rings. The van der Waals surface area contributed by atoms with E-state index in [4.69, 9.17) is 4.74 Å². The summed E-state index contributed by atoms with van der Waals surface area (Å²) in [6.07, 6.45) is 0.840. The molecule has 0 aromatic heterocycles. The molecule has 0 spiro atoms. The molecular weight excluding hydrogens is 279 g/mol. The lowest BCUT2D eigenvalue weighted by atomic mass is 9.97. The number of hydrogen-bond donors (Lipinski definition) is 3. The van der Waals surface area contributed by atoms with Crippen LogP contribution in [0.3, 0.4) is 0 Å². The minimum atomic E-state index is -1.41. The van der Waals surface area contributed by atoms with E-state index in [9.17, 15) is 19.1 Å². The SMILES string of the molecule is CCCC(C)(NC(=O)Nc1cc(OC)ccc1F)C(=O)O. The Balaban J connectivity index is 2.84. The van der Waals surface area contributed by atoms with Crippen molar-refractivity contribution >= 4 is 17.7 Å². The number of rotatable bonds is 6. The highest BCUT2D eigenvalue weighted by Gasteiger charge is 2.33. The predicted molar refractivity (Wildman–Crippen MR) is 76.1 cm³/mol. The van der Waals surface area contributed by atoms with Crippen molar-refractivity contribution in [1.82, 2.24) is 5.32 Å². The summed E-state index contributed by atoms with van der Waals surface area (Å²) in [5.41, 5.74) is -1.50. The summed E-state index contributed by atoms with van der Waals surface area (Å²) in [5, 5.41) is 13.8. The van der Waals surface area contributed by atoms with Crippen LogP contribution >= 0.6 is 0 Å². The molecule has 2 amide bonds. The van der Waals surface area contributed by atoms with Crippen LogP contribution in [-0.4, -0.2) is 29.8 Å². The second-order valence-corrected chi connectivity index (χ2v) is 4.81. The Bertz CT molecular complexity index is 536. The molecule has 1 rings (SSSR count). The number of carboxylic acid groups (broad SMARTS) is 1. The summed E-state index contributed by atoms with van der Waals surface area (Å²) in [6.45, 7) is 3.21. The summed E-state index contributed by atoms with van der Waals surface area (Å²) in [6, 6.07) is 3.08. The van der Waals surface area contributed by atoms with Crippen molar-refractivity contribution in [3.63, 3.8) is 0 Å². The number of methoxy groups -OCH3 is 1. The molecule has 0 radical (unpaired) electrons. The zero-order valence-electron chi connectivity index (χ0n) is 12.2. The van der Waals surface area contributed by atoms with Gasteiger partial charge in [-0.2, -0.15) is 0 Å². The Kier molecular flexibility index (Phi) is 5.52. The van der Waals surface area contributed by atoms with E-state index in [1.165, 1.54) is 26.2 Å². The molecule has 21 heavy (non-hydrogen) atoms. The van der Waals surface area contributed by atoms with E-state index >= 15 is 0 Å². The maximum Gasteiger partial charge on any atom is 0.329 e. The van der Waals surface area contributed by atoms with E-state index in [0.29, 0.717) is 12.2 Å². The molecule has 0 aliphatic rings. The van der Waals surface area contributed by atoms with Gasteiger partial charge < -0.3 is 20.5 Å². The Morgan fingerprint density at radius 3 is 2.62 bits per heavy atom. The Morgan fingerprint density at radius 1 is 1.43 bits per heavy atom. The highest BCUT2D eigenvalue weighted by atomic mass is 19.1. The molecule has 116 valence electrons. The second kappa shape index (κ2) is 6.92. The number of carbonyl (C=O) groups is 2. The largest absolute Gasteiger partial charge is 0.497 e. The van der Waals surface area contributed by atoms with Crippen molar-refractivity contribution in [1.29, 1.82) is 0 Å². The molecule has 6 nitrogen and oxygen atoms in total. The van der Waals surface area contributed by atoms with Gasteiger partial charge in [0.05, 0.1) is 12.8 Å². The average Bonchev–Trinajstić information content (AvgIpc) is 2.41. The van der Waals surface area contributed by atoms with Gasteiger partial charge in [0.25, 0.3) is 0 Å². The molecular formula is C14H19FN2O4. The normalized spacial score (nSPS) is 13.1. The fourth-order valence-corrected chi connectivity index (χ4v) is 1.85. The summed E-state index contributed by atoms with van der Waals surface area (Å²) in [4.78, 5) is 23.1. The van der Waals surface area contributed by atoms with Gasteiger partial charge >= 0.3 is 12.0 Å². The zero-order valence-corrected chi connectivity index (χ0v) is 12.2. The number of carbonyl (C=O) groups excluding carboxylic acids is 1. The van der Waals surface area contributed by atoms with E-state index in [1.807, 2.05) is 6.92 Å². The van der Waals surface area contributed by atoms with Crippen molar-refractivity contribution in [3.8, 4) is 5.75 Å². The van der Waals surface area contributed by atoms with Gasteiger partial charge in [-0.1, -0.05) is 13.3 Å². The monoisotopic (exact) mass is 298 g/mol. The van der Waals surface area contributed by atoms with Crippen molar-refractivity contribution in [2.45, 2.75) is 32.2 Å². The van der Waals surface area contributed by atoms with Gasteiger partial charge in [-0.05, 0) is 25.5 Å². The number of anilines is 1. The first-order valence-electron chi connectivity index (χ1n) is 6.48. The number of hydrogen-bond acceptors (Lipinski definition) is 3. The molecule has 0 aliphatic heterocycles. The molecule has 0 bridgehead atoms. The predicted octanol–water partition coefficient (Wildman–Crippen LogP) is 2.60. The van der Waals surface area contributed by atoms with Crippen molar-refractivity contribution in [3.05, 3.63) is 24.0 Å². The summed E-state index contributed by atoms with van der Waals surface area (Å²) in [7, 11) is 1.42. The van der Waals surface area contributed by atoms with E-state index in [2.05, 4.69) is 10.6 Å². The molecule has 1 aromatic carbocycles. The van der Waals surface area contributed by atoms with Crippen LogP contribution in [-0.2, 0) is 4.79 Å². The summed E-state index contributed by atoms with van der Waals surface area (Å²) in [5.74, 6) is -1.41. The van der Waals surface area contributed by atoms with Crippen LogP contribution in [0, 0.1) is 5.82 Å². The molecule has 3 N–H and O–H groups in total. The van der Waals surface area contributed by atoms with Crippen molar-refractivity contribution in [2.24, 2.45) is 0 Å². The first-order chi connectivity index (χ1) is 9.82. The third-order valence-electron chi connectivity index (χ3n) is 3.03. The number of amides is 2. The maximum atomic E-state index is 13.6. The Morgan fingerprint density at radius 2 is 2.10 bits per heavy atom. The zero-order chi connectivity index (χ0) is 16.0. The van der Waals surface area contributed by atoms with E-state index in [1.54, 1.807) is 0 Å².